The Labute approximate surface area is 261 Å². The fourth-order valence-corrected chi connectivity index (χ4v) is 6.02. The van der Waals surface area contributed by atoms with Gasteiger partial charge in [-0.3, -0.25) is 9.79 Å². The molecule has 236 valence electrons. The van der Waals surface area contributed by atoms with Crippen molar-refractivity contribution in [3.05, 3.63) is 65.2 Å². The monoisotopic (exact) mass is 588 g/mol. The van der Waals surface area contributed by atoms with Gasteiger partial charge in [-0.15, -0.1) is 0 Å². The van der Waals surface area contributed by atoms with Gasteiger partial charge in [0.15, 0.2) is 11.5 Å². The van der Waals surface area contributed by atoms with Crippen LogP contribution in [0.3, 0.4) is 0 Å². The standard InChI is InChI=1S/C38H56N2O3/c1-6-7-8-9-10-11-12-13-14-15-16-17-24-43-36-23-20-34(25-37(36)42-5)29-40(32(3)41)35-21-18-33(19-22-35)27-38(4)26-31(2)28-39-30-38/h18-23,25-26,28H,6-17,24,27,29-30H2,1-5H3. The van der Waals surface area contributed by atoms with Gasteiger partial charge in [-0.05, 0) is 60.7 Å². The minimum atomic E-state index is 0.00570. The third-order valence-corrected chi connectivity index (χ3v) is 8.38. The Bertz CT molecular complexity index is 1170. The van der Waals surface area contributed by atoms with Crippen molar-refractivity contribution in [3.8, 4) is 11.5 Å². The number of aliphatic imine (C=N–C) groups is 1. The van der Waals surface area contributed by atoms with Gasteiger partial charge in [-0.25, -0.2) is 0 Å². The second kappa shape index (κ2) is 18.6. The van der Waals surface area contributed by atoms with E-state index < -0.39 is 0 Å². The molecular weight excluding hydrogens is 532 g/mol. The minimum absolute atomic E-state index is 0.00570. The molecule has 5 nitrogen and oxygen atoms in total. The second-order valence-electron chi connectivity index (χ2n) is 12.7. The van der Waals surface area contributed by atoms with Gasteiger partial charge in [0.05, 0.1) is 20.3 Å². The highest BCUT2D eigenvalue weighted by atomic mass is 16.5. The van der Waals surface area contributed by atoms with E-state index in [4.69, 9.17) is 9.47 Å². The van der Waals surface area contributed by atoms with E-state index in [1.54, 1.807) is 14.0 Å². The zero-order chi connectivity index (χ0) is 30.9. The van der Waals surface area contributed by atoms with Crippen LogP contribution < -0.4 is 14.4 Å². The summed E-state index contributed by atoms with van der Waals surface area (Å²) in [6.45, 7) is 10.2. The topological polar surface area (TPSA) is 51.1 Å². The summed E-state index contributed by atoms with van der Waals surface area (Å²) in [6.07, 6.45) is 21.1. The van der Waals surface area contributed by atoms with E-state index in [2.05, 4.69) is 44.0 Å². The average molecular weight is 589 g/mol. The van der Waals surface area contributed by atoms with Crippen LogP contribution in [0.25, 0.3) is 0 Å². The lowest BCUT2D eigenvalue weighted by atomic mass is 9.81. The van der Waals surface area contributed by atoms with E-state index in [1.807, 2.05) is 41.4 Å². The van der Waals surface area contributed by atoms with Crippen LogP contribution in [-0.4, -0.2) is 32.4 Å². The van der Waals surface area contributed by atoms with Crippen molar-refractivity contribution >= 4 is 17.8 Å². The number of nitrogens with zero attached hydrogens (tertiary/aromatic N) is 2. The van der Waals surface area contributed by atoms with E-state index in [-0.39, 0.29) is 11.3 Å². The Morgan fingerprint density at radius 3 is 2.05 bits per heavy atom. The number of unbranched alkanes of at least 4 members (excludes halogenated alkanes) is 11. The number of methoxy groups -OCH3 is 1. The maximum Gasteiger partial charge on any atom is 0.224 e. The van der Waals surface area contributed by atoms with Crippen molar-refractivity contribution in [1.82, 2.24) is 0 Å². The summed E-state index contributed by atoms with van der Waals surface area (Å²) < 4.78 is 11.7. The first-order chi connectivity index (χ1) is 20.8. The van der Waals surface area contributed by atoms with Crippen LogP contribution in [0, 0.1) is 5.41 Å². The van der Waals surface area contributed by atoms with Gasteiger partial charge in [0.1, 0.15) is 0 Å². The third-order valence-electron chi connectivity index (χ3n) is 8.38. The van der Waals surface area contributed by atoms with Crippen LogP contribution >= 0.6 is 0 Å². The number of benzene rings is 2. The fourth-order valence-electron chi connectivity index (χ4n) is 6.02. The number of carbonyl (C=O) groups excluding carboxylic acids is 1. The maximum atomic E-state index is 12.7. The second-order valence-corrected chi connectivity index (χ2v) is 12.7. The lowest BCUT2D eigenvalue weighted by Crippen LogP contribution is -2.28. The van der Waals surface area contributed by atoms with Gasteiger partial charge in [-0.2, -0.15) is 0 Å². The molecule has 1 aliphatic rings. The van der Waals surface area contributed by atoms with E-state index in [1.165, 1.54) is 81.8 Å². The van der Waals surface area contributed by atoms with Crippen LogP contribution in [0.1, 0.15) is 116 Å². The zero-order valence-corrected chi connectivity index (χ0v) is 27.6. The number of rotatable bonds is 20. The lowest BCUT2D eigenvalue weighted by Gasteiger charge is -2.28. The molecule has 2 aromatic rings. The van der Waals surface area contributed by atoms with Gasteiger partial charge in [0, 0.05) is 30.8 Å². The van der Waals surface area contributed by atoms with Crippen LogP contribution in [0.2, 0.25) is 0 Å². The Morgan fingerprint density at radius 1 is 0.860 bits per heavy atom. The molecule has 0 aromatic heterocycles. The van der Waals surface area contributed by atoms with Crippen LogP contribution in [-0.2, 0) is 17.8 Å². The molecule has 0 spiro atoms. The number of ether oxygens (including phenoxy) is 2. The number of hydrogen-bond acceptors (Lipinski definition) is 4. The first kappa shape index (κ1) is 34.4. The van der Waals surface area contributed by atoms with Gasteiger partial charge >= 0.3 is 0 Å². The predicted molar refractivity (Wildman–Crippen MR) is 182 cm³/mol. The van der Waals surface area contributed by atoms with E-state index in [0.29, 0.717) is 18.9 Å². The molecule has 0 aliphatic carbocycles. The van der Waals surface area contributed by atoms with Crippen molar-refractivity contribution in [2.45, 2.75) is 118 Å². The van der Waals surface area contributed by atoms with Crippen molar-refractivity contribution in [2.24, 2.45) is 10.4 Å². The van der Waals surface area contributed by atoms with Gasteiger partial charge in [0.2, 0.25) is 5.91 Å². The number of hydrogen-bond donors (Lipinski definition) is 0. The molecule has 0 bridgehead atoms. The molecule has 0 radical (unpaired) electrons. The Hall–Kier alpha value is -3.08. The van der Waals surface area contributed by atoms with E-state index in [9.17, 15) is 4.79 Å². The predicted octanol–water partition coefficient (Wildman–Crippen LogP) is 9.91. The summed E-state index contributed by atoms with van der Waals surface area (Å²) in [6, 6.07) is 14.3. The normalized spacial score (nSPS) is 16.2. The molecule has 1 aliphatic heterocycles. The summed E-state index contributed by atoms with van der Waals surface area (Å²) in [7, 11) is 1.67. The number of carbonyl (C=O) groups is 1. The highest BCUT2D eigenvalue weighted by molar-refractivity contribution is 5.91. The molecule has 5 heteroatoms. The van der Waals surface area contributed by atoms with E-state index >= 15 is 0 Å². The Kier molecular flexibility index (Phi) is 14.8. The summed E-state index contributed by atoms with van der Waals surface area (Å²) in [4.78, 5) is 19.0. The molecule has 0 saturated heterocycles. The average Bonchev–Trinajstić information content (AvgIpc) is 2.98. The molecule has 1 amide bonds. The molecule has 3 rings (SSSR count). The van der Waals surface area contributed by atoms with Gasteiger partial charge in [0.25, 0.3) is 0 Å². The Balaban J connectivity index is 1.44. The quantitative estimate of drug-likeness (QED) is 0.145. The first-order valence-corrected chi connectivity index (χ1v) is 16.7. The molecule has 0 fully saturated rings. The SMILES string of the molecule is CCCCCCCCCCCCCCOc1ccc(CN(C(C)=O)c2ccc(CC3(C)C=C(C)C=NC3)cc2)cc1OC. The molecule has 2 aromatic carbocycles. The largest absolute Gasteiger partial charge is 0.493 e. The Morgan fingerprint density at radius 2 is 1.47 bits per heavy atom. The van der Waals surface area contributed by atoms with Crippen molar-refractivity contribution < 1.29 is 14.3 Å². The summed E-state index contributed by atoms with van der Waals surface area (Å²) in [5.74, 6) is 1.48. The number of anilines is 1. The molecule has 1 atom stereocenters. The highest BCUT2D eigenvalue weighted by Gasteiger charge is 2.24. The number of amides is 1. The molecule has 0 saturated carbocycles. The van der Waals surface area contributed by atoms with Crippen molar-refractivity contribution in [1.29, 1.82) is 0 Å². The fraction of sp³-hybridized carbons (Fsp3) is 0.579. The van der Waals surface area contributed by atoms with Gasteiger partial charge < -0.3 is 14.4 Å². The molecular formula is C38H56N2O3. The molecule has 1 unspecified atom stereocenters. The number of dihydropyridines is 1. The lowest BCUT2D eigenvalue weighted by molar-refractivity contribution is -0.116. The van der Waals surface area contributed by atoms with E-state index in [0.717, 1.165) is 36.4 Å². The maximum absolute atomic E-state index is 12.7. The molecule has 1 heterocycles. The third kappa shape index (κ3) is 12.2. The van der Waals surface area contributed by atoms with Gasteiger partial charge in [-0.1, -0.05) is 109 Å². The summed E-state index contributed by atoms with van der Waals surface area (Å²) >= 11 is 0. The van der Waals surface area contributed by atoms with Crippen LogP contribution in [0.15, 0.2) is 59.1 Å². The smallest absolute Gasteiger partial charge is 0.224 e. The zero-order valence-electron chi connectivity index (χ0n) is 27.6. The highest BCUT2D eigenvalue weighted by Crippen LogP contribution is 2.31. The van der Waals surface area contributed by atoms with Crippen molar-refractivity contribution in [3.63, 3.8) is 0 Å². The van der Waals surface area contributed by atoms with Crippen molar-refractivity contribution in [2.75, 3.05) is 25.2 Å². The number of allylic oxidation sites excluding steroid dienone is 1. The first-order valence-electron chi connectivity index (χ1n) is 16.7. The molecule has 43 heavy (non-hydrogen) atoms. The summed E-state index contributed by atoms with van der Waals surface area (Å²) in [5, 5.41) is 0. The van der Waals surface area contributed by atoms with Crippen LogP contribution in [0.4, 0.5) is 5.69 Å². The minimum Gasteiger partial charge on any atom is -0.493 e. The molecule has 0 N–H and O–H groups in total. The van der Waals surface area contributed by atoms with Crippen LogP contribution in [0.5, 0.6) is 11.5 Å². The summed E-state index contributed by atoms with van der Waals surface area (Å²) in [5.41, 5.74) is 4.37.